The fourth-order valence-electron chi connectivity index (χ4n) is 5.59. The molecule has 0 saturated carbocycles. The molecule has 1 aliphatic rings. The van der Waals surface area contributed by atoms with Crippen LogP contribution in [0.25, 0.3) is 11.1 Å². The molecule has 0 N–H and O–H groups in total. The van der Waals surface area contributed by atoms with Gasteiger partial charge in [0.25, 0.3) is 0 Å². The third-order valence-corrected chi connectivity index (χ3v) is 7.34. The van der Waals surface area contributed by atoms with Crippen LogP contribution in [0.3, 0.4) is 0 Å². The van der Waals surface area contributed by atoms with Crippen molar-refractivity contribution in [1.29, 1.82) is 0 Å². The van der Waals surface area contributed by atoms with Crippen molar-refractivity contribution < 1.29 is 14.3 Å². The maximum Gasteiger partial charge on any atom is 0.418 e. The highest BCUT2D eigenvalue weighted by atomic mass is 16.6. The molecule has 4 aromatic carbocycles. The molecule has 0 fully saturated rings. The molecule has 0 aliphatic heterocycles. The van der Waals surface area contributed by atoms with Crippen LogP contribution in [0.2, 0.25) is 0 Å². The van der Waals surface area contributed by atoms with Crippen LogP contribution in [0.1, 0.15) is 54.2 Å². The molecule has 0 atom stereocenters. The SMILES string of the molecule is C=CN(C)C(=O)Oc1ccc(C2(c3ccc(OC(C)(C)C)c(C)c3)c3ccccc3-c3ccccc32)cc1C. The van der Waals surface area contributed by atoms with Crippen LogP contribution in [0.15, 0.2) is 97.7 Å². The Kier molecular flexibility index (Phi) is 6.59. The van der Waals surface area contributed by atoms with E-state index in [1.807, 2.05) is 13.0 Å². The highest BCUT2D eigenvalue weighted by molar-refractivity contribution is 5.86. The Morgan fingerprint density at radius 2 is 1.28 bits per heavy atom. The standard InChI is InChI=1S/C35H35NO3/c1-8-36(7)33(37)38-31-19-17-25(21-23(31)2)35(26-18-20-32(24(3)22-26)39-34(4,5)6)29-15-11-9-13-27(29)28-14-10-12-16-30(28)35/h8-22H,1H2,2-7H3. The van der Waals surface area contributed by atoms with Gasteiger partial charge in [-0.25, -0.2) is 4.79 Å². The summed E-state index contributed by atoms with van der Waals surface area (Å²) in [5.74, 6) is 1.41. The van der Waals surface area contributed by atoms with Gasteiger partial charge < -0.3 is 9.47 Å². The molecular formula is C35H35NO3. The van der Waals surface area contributed by atoms with E-state index in [9.17, 15) is 4.79 Å². The van der Waals surface area contributed by atoms with E-state index in [-0.39, 0.29) is 5.60 Å². The molecule has 4 nitrogen and oxygen atoms in total. The van der Waals surface area contributed by atoms with E-state index in [4.69, 9.17) is 9.47 Å². The lowest BCUT2D eigenvalue weighted by Crippen LogP contribution is -2.29. The Labute approximate surface area is 231 Å². The van der Waals surface area contributed by atoms with Crippen LogP contribution >= 0.6 is 0 Å². The van der Waals surface area contributed by atoms with Crippen molar-refractivity contribution in [3.63, 3.8) is 0 Å². The van der Waals surface area contributed by atoms with E-state index in [2.05, 4.69) is 113 Å². The number of nitrogens with zero attached hydrogens (tertiary/aromatic N) is 1. The second kappa shape index (κ2) is 9.77. The first-order chi connectivity index (χ1) is 18.6. The first-order valence-corrected chi connectivity index (χ1v) is 13.2. The summed E-state index contributed by atoms with van der Waals surface area (Å²) < 4.78 is 11.9. The van der Waals surface area contributed by atoms with Gasteiger partial charge in [-0.05, 0) is 91.3 Å². The van der Waals surface area contributed by atoms with Crippen LogP contribution in [0, 0.1) is 13.8 Å². The van der Waals surface area contributed by atoms with Gasteiger partial charge in [0.1, 0.15) is 17.1 Å². The third kappa shape index (κ3) is 4.50. The van der Waals surface area contributed by atoms with E-state index in [1.54, 1.807) is 7.05 Å². The van der Waals surface area contributed by atoms with Gasteiger partial charge >= 0.3 is 6.09 Å². The molecule has 0 unspecified atom stereocenters. The zero-order chi connectivity index (χ0) is 27.9. The Morgan fingerprint density at radius 3 is 1.74 bits per heavy atom. The van der Waals surface area contributed by atoms with Gasteiger partial charge in [0.2, 0.25) is 0 Å². The molecule has 1 aliphatic carbocycles. The predicted molar refractivity (Wildman–Crippen MR) is 158 cm³/mol. The van der Waals surface area contributed by atoms with Gasteiger partial charge in [0, 0.05) is 13.2 Å². The van der Waals surface area contributed by atoms with Gasteiger partial charge in [0.15, 0.2) is 0 Å². The smallest absolute Gasteiger partial charge is 0.418 e. The van der Waals surface area contributed by atoms with E-state index in [0.717, 1.165) is 28.0 Å². The maximum atomic E-state index is 12.4. The molecule has 0 bridgehead atoms. The summed E-state index contributed by atoms with van der Waals surface area (Å²) in [6, 6.07) is 29.9. The fourth-order valence-corrected chi connectivity index (χ4v) is 5.59. The summed E-state index contributed by atoms with van der Waals surface area (Å²) in [4.78, 5) is 13.8. The monoisotopic (exact) mass is 517 g/mol. The summed E-state index contributed by atoms with van der Waals surface area (Å²) in [5, 5.41) is 0. The van der Waals surface area contributed by atoms with E-state index < -0.39 is 11.5 Å². The first kappa shape index (κ1) is 26.3. The Balaban J connectivity index is 1.75. The number of rotatable bonds is 5. The lowest BCUT2D eigenvalue weighted by Gasteiger charge is -2.35. The maximum absolute atomic E-state index is 12.4. The molecule has 0 saturated heterocycles. The topological polar surface area (TPSA) is 38.8 Å². The number of aryl methyl sites for hydroxylation is 2. The fraction of sp³-hybridized carbons (Fsp3) is 0.229. The van der Waals surface area contributed by atoms with Gasteiger partial charge in [-0.2, -0.15) is 0 Å². The molecular weight excluding hydrogens is 482 g/mol. The normalized spacial score (nSPS) is 13.3. The van der Waals surface area contributed by atoms with Crippen molar-refractivity contribution in [2.75, 3.05) is 7.05 Å². The van der Waals surface area contributed by atoms with Crippen molar-refractivity contribution in [2.45, 2.75) is 45.6 Å². The highest BCUT2D eigenvalue weighted by Crippen LogP contribution is 2.56. The molecule has 39 heavy (non-hydrogen) atoms. The van der Waals surface area contributed by atoms with Crippen LogP contribution < -0.4 is 9.47 Å². The van der Waals surface area contributed by atoms with E-state index in [0.29, 0.717) is 5.75 Å². The van der Waals surface area contributed by atoms with Crippen molar-refractivity contribution >= 4 is 6.09 Å². The van der Waals surface area contributed by atoms with Gasteiger partial charge in [-0.15, -0.1) is 0 Å². The number of ether oxygens (including phenoxy) is 2. The molecule has 0 aromatic heterocycles. The van der Waals surface area contributed by atoms with E-state index in [1.165, 1.54) is 33.4 Å². The average molecular weight is 518 g/mol. The molecule has 5 rings (SSSR count). The van der Waals surface area contributed by atoms with Crippen molar-refractivity contribution in [1.82, 2.24) is 4.90 Å². The van der Waals surface area contributed by atoms with Gasteiger partial charge in [-0.1, -0.05) is 79.4 Å². The van der Waals surface area contributed by atoms with Crippen LogP contribution in [-0.4, -0.2) is 23.6 Å². The molecule has 0 heterocycles. The minimum atomic E-state index is -0.552. The molecule has 4 heteroatoms. The molecule has 1 amide bonds. The largest absolute Gasteiger partial charge is 0.488 e. The van der Waals surface area contributed by atoms with Crippen molar-refractivity contribution in [3.05, 3.63) is 131 Å². The quantitative estimate of drug-likeness (QED) is 0.235. The van der Waals surface area contributed by atoms with Gasteiger partial charge in [0.05, 0.1) is 5.41 Å². The number of fused-ring (bicyclic) bond motifs is 3. The van der Waals surface area contributed by atoms with Crippen LogP contribution in [-0.2, 0) is 5.41 Å². The summed E-state index contributed by atoms with van der Waals surface area (Å²) in [6.45, 7) is 13.9. The van der Waals surface area contributed by atoms with Crippen LogP contribution in [0.4, 0.5) is 4.79 Å². The zero-order valence-electron chi connectivity index (χ0n) is 23.5. The molecule has 198 valence electrons. The number of hydrogen-bond donors (Lipinski definition) is 0. The number of carbonyl (C=O) groups excluding carboxylic acids is 1. The number of carbonyl (C=O) groups is 1. The molecule has 0 radical (unpaired) electrons. The zero-order valence-corrected chi connectivity index (χ0v) is 23.5. The number of hydrogen-bond acceptors (Lipinski definition) is 3. The van der Waals surface area contributed by atoms with E-state index >= 15 is 0 Å². The lowest BCUT2D eigenvalue weighted by atomic mass is 9.67. The molecule has 0 spiro atoms. The van der Waals surface area contributed by atoms with Crippen molar-refractivity contribution in [2.24, 2.45) is 0 Å². The number of benzene rings is 4. The summed E-state index contributed by atoms with van der Waals surface area (Å²) in [5.41, 5.74) is 8.29. The van der Waals surface area contributed by atoms with Crippen LogP contribution in [0.5, 0.6) is 11.5 Å². The predicted octanol–water partition coefficient (Wildman–Crippen LogP) is 8.42. The minimum absolute atomic E-state index is 0.291. The highest BCUT2D eigenvalue weighted by Gasteiger charge is 2.46. The third-order valence-electron chi connectivity index (χ3n) is 7.34. The average Bonchev–Trinajstić information content (AvgIpc) is 3.21. The Hall–Kier alpha value is -4.31. The number of amides is 1. The summed E-state index contributed by atoms with van der Waals surface area (Å²) in [7, 11) is 1.62. The molecule has 4 aromatic rings. The first-order valence-electron chi connectivity index (χ1n) is 13.2. The second-order valence-corrected chi connectivity index (χ2v) is 11.2. The summed E-state index contributed by atoms with van der Waals surface area (Å²) >= 11 is 0. The van der Waals surface area contributed by atoms with Gasteiger partial charge in [-0.3, -0.25) is 4.90 Å². The Morgan fingerprint density at radius 1 is 0.795 bits per heavy atom. The second-order valence-electron chi connectivity index (χ2n) is 11.2. The Bertz CT molecular complexity index is 1530. The summed E-state index contributed by atoms with van der Waals surface area (Å²) in [6.07, 6.45) is 0.958. The van der Waals surface area contributed by atoms with Crippen molar-refractivity contribution in [3.8, 4) is 22.6 Å². The minimum Gasteiger partial charge on any atom is -0.488 e. The lowest BCUT2D eigenvalue weighted by molar-refractivity contribution is 0.130.